The van der Waals surface area contributed by atoms with E-state index in [9.17, 15) is 13.6 Å². The summed E-state index contributed by atoms with van der Waals surface area (Å²) in [5.41, 5.74) is 0.0354. The Labute approximate surface area is 118 Å². The van der Waals surface area contributed by atoms with Crippen molar-refractivity contribution in [1.29, 1.82) is 0 Å². The minimum atomic E-state index is -2.71. The van der Waals surface area contributed by atoms with E-state index in [0.29, 0.717) is 4.57 Å². The van der Waals surface area contributed by atoms with Gasteiger partial charge < -0.3 is 14.6 Å². The lowest BCUT2D eigenvalue weighted by molar-refractivity contribution is 0.0630. The molecule has 112 valence electrons. The van der Waals surface area contributed by atoms with Crippen LogP contribution in [-0.4, -0.2) is 27.7 Å². The number of alkyl halides is 2. The first-order valence-electron chi connectivity index (χ1n) is 5.87. The highest BCUT2D eigenvalue weighted by atomic mass is 19.3. The van der Waals surface area contributed by atoms with E-state index >= 15 is 0 Å². The molecule has 1 N–H and O–H groups in total. The van der Waals surface area contributed by atoms with Crippen LogP contribution < -0.4 is 9.47 Å². The molecule has 1 heterocycles. The van der Waals surface area contributed by atoms with Crippen LogP contribution in [0.5, 0.6) is 11.5 Å². The second-order valence-corrected chi connectivity index (χ2v) is 3.99. The van der Waals surface area contributed by atoms with Crippen LogP contribution in [0, 0.1) is 0 Å². The third-order valence-electron chi connectivity index (χ3n) is 2.73. The van der Waals surface area contributed by atoms with Gasteiger partial charge in [0.25, 0.3) is 0 Å². The van der Waals surface area contributed by atoms with Crippen LogP contribution in [0.4, 0.5) is 8.78 Å². The van der Waals surface area contributed by atoms with Gasteiger partial charge in [-0.1, -0.05) is 0 Å². The van der Waals surface area contributed by atoms with Crippen molar-refractivity contribution in [1.82, 2.24) is 9.55 Å². The van der Waals surface area contributed by atoms with Crippen LogP contribution in [-0.2, 0) is 6.61 Å². The van der Waals surface area contributed by atoms with Crippen LogP contribution in [0.15, 0.2) is 30.6 Å². The first kappa shape index (κ1) is 14.8. The van der Waals surface area contributed by atoms with E-state index in [2.05, 4.69) is 4.98 Å². The van der Waals surface area contributed by atoms with Crippen LogP contribution in [0.2, 0.25) is 0 Å². The molecule has 0 amide bonds. The molecule has 0 fully saturated rings. The van der Waals surface area contributed by atoms with Crippen molar-refractivity contribution >= 4 is 5.97 Å². The quantitative estimate of drug-likeness (QED) is 0.887. The van der Waals surface area contributed by atoms with Crippen molar-refractivity contribution in [3.8, 4) is 11.5 Å². The summed E-state index contributed by atoms with van der Waals surface area (Å²) in [5.74, 6) is -0.612. The lowest BCUT2D eigenvalue weighted by Gasteiger charge is -2.12. The summed E-state index contributed by atoms with van der Waals surface area (Å²) >= 11 is 0. The number of carboxylic acids is 1. The molecule has 2 aromatic rings. The molecule has 6 nitrogen and oxygen atoms in total. The summed E-state index contributed by atoms with van der Waals surface area (Å²) < 4.78 is 36.4. The van der Waals surface area contributed by atoms with Gasteiger partial charge in [-0.2, -0.15) is 8.78 Å². The van der Waals surface area contributed by atoms with Crippen LogP contribution >= 0.6 is 0 Å². The van der Waals surface area contributed by atoms with Gasteiger partial charge in [-0.3, -0.25) is 4.57 Å². The molecule has 21 heavy (non-hydrogen) atoms. The third-order valence-corrected chi connectivity index (χ3v) is 2.73. The van der Waals surface area contributed by atoms with Crippen LogP contribution in [0.1, 0.15) is 22.7 Å². The summed E-state index contributed by atoms with van der Waals surface area (Å²) in [4.78, 5) is 14.6. The fourth-order valence-corrected chi connectivity index (χ4v) is 1.70. The fraction of sp³-hybridized carbons (Fsp3) is 0.231. The maximum atomic E-state index is 12.7. The van der Waals surface area contributed by atoms with Gasteiger partial charge in [0.05, 0.1) is 12.7 Å². The maximum absolute atomic E-state index is 12.7. The van der Waals surface area contributed by atoms with Crippen molar-refractivity contribution in [3.63, 3.8) is 0 Å². The Morgan fingerprint density at radius 2 is 2.19 bits per heavy atom. The van der Waals surface area contributed by atoms with Crippen molar-refractivity contribution in [3.05, 3.63) is 42.0 Å². The summed E-state index contributed by atoms with van der Waals surface area (Å²) in [5, 5.41) is 8.88. The second-order valence-electron chi connectivity index (χ2n) is 3.99. The Kier molecular flexibility index (Phi) is 4.36. The zero-order valence-electron chi connectivity index (χ0n) is 11.0. The number of hydrogen-bond donors (Lipinski definition) is 1. The number of halogens is 2. The SMILES string of the molecule is COc1cc(C(=O)O)ccc1OCc1nccn1C(F)F. The molecule has 0 aliphatic heterocycles. The van der Waals surface area contributed by atoms with E-state index in [4.69, 9.17) is 14.6 Å². The van der Waals surface area contributed by atoms with Gasteiger partial charge in [-0.05, 0) is 18.2 Å². The van der Waals surface area contributed by atoms with E-state index in [1.807, 2.05) is 0 Å². The molecule has 1 aromatic heterocycles. The van der Waals surface area contributed by atoms with Crippen molar-refractivity contribution in [2.24, 2.45) is 0 Å². The Bertz CT molecular complexity index is 643. The molecule has 0 saturated heterocycles. The average molecular weight is 298 g/mol. The number of rotatable bonds is 6. The number of carboxylic acid groups (broad SMARTS) is 1. The van der Waals surface area contributed by atoms with Crippen molar-refractivity contribution < 1.29 is 28.2 Å². The molecule has 0 spiro atoms. The van der Waals surface area contributed by atoms with Gasteiger partial charge in [-0.15, -0.1) is 0 Å². The summed E-state index contributed by atoms with van der Waals surface area (Å²) in [6.45, 7) is -2.90. The van der Waals surface area contributed by atoms with Crippen LogP contribution in [0.3, 0.4) is 0 Å². The zero-order valence-corrected chi connectivity index (χ0v) is 11.0. The highest BCUT2D eigenvalue weighted by Gasteiger charge is 2.14. The molecule has 1 aromatic carbocycles. The Balaban J connectivity index is 2.16. The van der Waals surface area contributed by atoms with Gasteiger partial charge in [0.15, 0.2) is 17.3 Å². The summed E-state index contributed by atoms with van der Waals surface area (Å²) in [6, 6.07) is 4.02. The number of aromatic carboxylic acids is 1. The first-order chi connectivity index (χ1) is 10.0. The topological polar surface area (TPSA) is 73.6 Å². The summed E-state index contributed by atoms with van der Waals surface area (Å²) in [7, 11) is 1.36. The minimum absolute atomic E-state index is 0.0354. The molecule has 0 atom stereocenters. The molecular weight excluding hydrogens is 286 g/mol. The largest absolute Gasteiger partial charge is 0.493 e. The van der Waals surface area contributed by atoms with Crippen LogP contribution in [0.25, 0.3) is 0 Å². The first-order valence-corrected chi connectivity index (χ1v) is 5.87. The van der Waals surface area contributed by atoms with E-state index in [-0.39, 0.29) is 29.5 Å². The van der Waals surface area contributed by atoms with Gasteiger partial charge >= 0.3 is 12.5 Å². The number of hydrogen-bond acceptors (Lipinski definition) is 4. The van der Waals surface area contributed by atoms with Crippen molar-refractivity contribution in [2.45, 2.75) is 13.2 Å². The van der Waals surface area contributed by atoms with E-state index in [0.717, 1.165) is 6.20 Å². The number of carbonyl (C=O) groups is 1. The van der Waals surface area contributed by atoms with Gasteiger partial charge in [0.2, 0.25) is 0 Å². The lowest BCUT2D eigenvalue weighted by atomic mass is 10.2. The van der Waals surface area contributed by atoms with Gasteiger partial charge in [0.1, 0.15) is 6.61 Å². The number of ether oxygens (including phenoxy) is 2. The molecule has 0 saturated carbocycles. The fourth-order valence-electron chi connectivity index (χ4n) is 1.70. The predicted molar refractivity (Wildman–Crippen MR) is 67.8 cm³/mol. The number of imidazole rings is 1. The molecular formula is C13H12F2N2O4. The molecule has 0 aliphatic carbocycles. The Morgan fingerprint density at radius 1 is 1.43 bits per heavy atom. The van der Waals surface area contributed by atoms with Crippen molar-refractivity contribution in [2.75, 3.05) is 7.11 Å². The highest BCUT2D eigenvalue weighted by molar-refractivity contribution is 5.88. The Hall–Kier alpha value is -2.64. The number of aromatic nitrogens is 2. The smallest absolute Gasteiger partial charge is 0.335 e. The second kappa shape index (κ2) is 6.21. The summed E-state index contributed by atoms with van der Waals surface area (Å²) in [6.07, 6.45) is 2.39. The number of methoxy groups -OCH3 is 1. The average Bonchev–Trinajstić information content (AvgIpc) is 2.93. The molecule has 2 rings (SSSR count). The normalized spacial score (nSPS) is 10.7. The maximum Gasteiger partial charge on any atom is 0.335 e. The molecule has 0 radical (unpaired) electrons. The molecule has 8 heteroatoms. The van der Waals surface area contributed by atoms with Gasteiger partial charge in [0, 0.05) is 12.4 Å². The third kappa shape index (κ3) is 3.28. The van der Waals surface area contributed by atoms with E-state index < -0.39 is 12.5 Å². The highest BCUT2D eigenvalue weighted by Crippen LogP contribution is 2.29. The Morgan fingerprint density at radius 3 is 2.81 bits per heavy atom. The lowest BCUT2D eigenvalue weighted by Crippen LogP contribution is -2.08. The number of nitrogens with zero attached hydrogens (tertiary/aromatic N) is 2. The molecule has 0 aliphatic rings. The molecule has 0 bridgehead atoms. The minimum Gasteiger partial charge on any atom is -0.493 e. The number of benzene rings is 1. The van der Waals surface area contributed by atoms with E-state index in [1.165, 1.54) is 31.5 Å². The monoisotopic (exact) mass is 298 g/mol. The predicted octanol–water partition coefficient (Wildman–Crippen LogP) is 2.56. The van der Waals surface area contributed by atoms with Gasteiger partial charge in [-0.25, -0.2) is 9.78 Å². The zero-order chi connectivity index (χ0) is 15.4. The standard InChI is InChI=1S/C13H12F2N2O4/c1-20-10-6-8(12(18)19)2-3-9(10)21-7-11-16-4-5-17(11)13(14)15/h2-6,13H,7H2,1H3,(H,18,19). The van der Waals surface area contributed by atoms with E-state index in [1.54, 1.807) is 0 Å². The molecule has 0 unspecified atom stereocenters.